The monoisotopic (exact) mass is 360 g/mol. The van der Waals surface area contributed by atoms with Crippen LogP contribution in [-0.2, 0) is 10.0 Å². The van der Waals surface area contributed by atoms with Crippen molar-refractivity contribution >= 4 is 15.9 Å². The molecule has 2 aromatic rings. The third-order valence-corrected chi connectivity index (χ3v) is 5.90. The highest BCUT2D eigenvalue weighted by molar-refractivity contribution is 7.89. The Labute approximate surface area is 147 Å². The Balaban J connectivity index is 1.51. The number of sulfonamides is 1. The summed E-state index contributed by atoms with van der Waals surface area (Å²) >= 11 is 0. The van der Waals surface area contributed by atoms with Crippen LogP contribution in [0.3, 0.4) is 0 Å². The van der Waals surface area contributed by atoms with Crippen LogP contribution in [-0.4, -0.2) is 44.0 Å². The molecule has 1 aliphatic heterocycles. The first-order valence-corrected chi connectivity index (χ1v) is 9.74. The fourth-order valence-electron chi connectivity index (χ4n) is 2.64. The molecule has 0 bridgehead atoms. The number of hydrogen-bond donors (Lipinski definition) is 1. The fraction of sp³-hybridized carbons (Fsp3) is 0.278. The van der Waals surface area contributed by atoms with Crippen LogP contribution < -0.4 is 10.1 Å². The average Bonchev–Trinajstić information content (AvgIpc) is 2.95. The Hall–Kier alpha value is -2.38. The predicted molar refractivity (Wildman–Crippen MR) is 95.3 cm³/mol. The van der Waals surface area contributed by atoms with Crippen molar-refractivity contribution in [2.45, 2.75) is 6.42 Å². The zero-order valence-electron chi connectivity index (χ0n) is 13.7. The van der Waals surface area contributed by atoms with Gasteiger partial charge in [0.2, 0.25) is 10.0 Å². The molecule has 1 fully saturated rings. The van der Waals surface area contributed by atoms with Crippen LogP contribution in [0.2, 0.25) is 0 Å². The molecule has 1 heterocycles. The summed E-state index contributed by atoms with van der Waals surface area (Å²) < 4.78 is 30.5. The highest BCUT2D eigenvalue weighted by atomic mass is 32.2. The molecule has 0 aromatic heterocycles. The number of nitrogens with one attached hydrogen (secondary N) is 1. The van der Waals surface area contributed by atoms with E-state index >= 15 is 0 Å². The number of carbonyl (C=O) groups excluding carboxylic acids is 1. The van der Waals surface area contributed by atoms with Gasteiger partial charge >= 0.3 is 0 Å². The van der Waals surface area contributed by atoms with E-state index in [0.717, 1.165) is 5.75 Å². The predicted octanol–water partition coefficient (Wildman–Crippen LogP) is 2.24. The maximum absolute atomic E-state index is 12.1. The molecule has 2 aromatic carbocycles. The topological polar surface area (TPSA) is 75.7 Å². The normalized spacial score (nSPS) is 16.5. The first-order chi connectivity index (χ1) is 12.0. The average molecular weight is 360 g/mol. The smallest absolute Gasteiger partial charge is 0.251 e. The molecule has 1 N–H and O–H groups in total. The van der Waals surface area contributed by atoms with E-state index in [1.165, 1.54) is 4.31 Å². The first-order valence-electron chi connectivity index (χ1n) is 8.14. The molecule has 3 rings (SSSR count). The molecule has 0 saturated carbocycles. The molecule has 1 aliphatic rings. The Morgan fingerprint density at radius 2 is 1.72 bits per heavy atom. The number of ether oxygens (including phenoxy) is 1. The third-order valence-electron chi connectivity index (χ3n) is 3.95. The number of carbonyl (C=O) groups is 1. The lowest BCUT2D eigenvalue weighted by Gasteiger charge is -2.14. The van der Waals surface area contributed by atoms with E-state index in [9.17, 15) is 13.2 Å². The Morgan fingerprint density at radius 3 is 2.36 bits per heavy atom. The van der Waals surface area contributed by atoms with Gasteiger partial charge in [0.15, 0.2) is 0 Å². The van der Waals surface area contributed by atoms with E-state index in [-0.39, 0.29) is 11.7 Å². The van der Waals surface area contributed by atoms with Crippen molar-refractivity contribution < 1.29 is 17.9 Å². The van der Waals surface area contributed by atoms with Gasteiger partial charge in [0.25, 0.3) is 5.91 Å². The quantitative estimate of drug-likeness (QED) is 0.857. The summed E-state index contributed by atoms with van der Waals surface area (Å²) in [4.78, 5) is 12.1. The van der Waals surface area contributed by atoms with Crippen LogP contribution in [0.1, 0.15) is 16.8 Å². The highest BCUT2D eigenvalue weighted by Crippen LogP contribution is 2.21. The molecule has 6 nitrogen and oxygen atoms in total. The minimum absolute atomic E-state index is 0.198. The number of hydrogen-bond acceptors (Lipinski definition) is 4. The van der Waals surface area contributed by atoms with Gasteiger partial charge in [0.05, 0.1) is 5.75 Å². The summed E-state index contributed by atoms with van der Waals surface area (Å²) in [7, 11) is -3.12. The van der Waals surface area contributed by atoms with Crippen LogP contribution in [0.4, 0.5) is 0 Å². The third kappa shape index (κ3) is 4.58. The van der Waals surface area contributed by atoms with Gasteiger partial charge in [0.1, 0.15) is 11.5 Å². The van der Waals surface area contributed by atoms with E-state index in [4.69, 9.17) is 4.74 Å². The maximum Gasteiger partial charge on any atom is 0.251 e. The summed E-state index contributed by atoms with van der Waals surface area (Å²) in [6, 6.07) is 16.2. The van der Waals surface area contributed by atoms with Crippen LogP contribution in [0.5, 0.6) is 11.5 Å². The lowest BCUT2D eigenvalue weighted by molar-refractivity contribution is 0.0952. The van der Waals surface area contributed by atoms with Crippen LogP contribution in [0.15, 0.2) is 54.6 Å². The molecule has 1 saturated heterocycles. The minimum Gasteiger partial charge on any atom is -0.457 e. The minimum atomic E-state index is -3.12. The second-order valence-electron chi connectivity index (χ2n) is 5.76. The van der Waals surface area contributed by atoms with Gasteiger partial charge in [-0.2, -0.15) is 0 Å². The molecule has 0 unspecified atom stereocenters. The number of rotatable bonds is 6. The Morgan fingerprint density at radius 1 is 1.04 bits per heavy atom. The molecule has 7 heteroatoms. The molecule has 0 spiro atoms. The van der Waals surface area contributed by atoms with Crippen molar-refractivity contribution in [3.8, 4) is 11.5 Å². The van der Waals surface area contributed by atoms with E-state index < -0.39 is 10.0 Å². The van der Waals surface area contributed by atoms with Crippen LogP contribution >= 0.6 is 0 Å². The molecule has 0 radical (unpaired) electrons. The second-order valence-corrected chi connectivity index (χ2v) is 7.85. The van der Waals surface area contributed by atoms with Gasteiger partial charge in [-0.1, -0.05) is 18.2 Å². The zero-order chi connectivity index (χ0) is 17.7. The number of para-hydroxylation sites is 1. The van der Waals surface area contributed by atoms with Crippen molar-refractivity contribution in [3.05, 3.63) is 60.2 Å². The molecule has 25 heavy (non-hydrogen) atoms. The van der Waals surface area contributed by atoms with Crippen molar-refractivity contribution in [1.29, 1.82) is 0 Å². The van der Waals surface area contributed by atoms with Crippen molar-refractivity contribution in [1.82, 2.24) is 9.62 Å². The molecule has 1 amide bonds. The summed E-state index contributed by atoms with van der Waals surface area (Å²) in [5.41, 5.74) is 0.504. The van der Waals surface area contributed by atoms with Crippen LogP contribution in [0.25, 0.3) is 0 Å². The van der Waals surface area contributed by atoms with Gasteiger partial charge in [-0.25, -0.2) is 12.7 Å². The SMILES string of the molecule is O=C(NCCN1CCCS1(=O)=O)c1ccc(Oc2ccccc2)cc1. The second kappa shape index (κ2) is 7.67. The maximum atomic E-state index is 12.1. The number of amides is 1. The van der Waals surface area contributed by atoms with E-state index in [0.29, 0.717) is 37.4 Å². The summed E-state index contributed by atoms with van der Waals surface area (Å²) in [6.45, 7) is 1.13. The standard InChI is InChI=1S/C18H20N2O4S/c21-18(19-11-13-20-12-4-14-25(20,22)23)15-7-9-17(10-8-15)24-16-5-2-1-3-6-16/h1-3,5-10H,4,11-14H2,(H,19,21). The zero-order valence-corrected chi connectivity index (χ0v) is 14.5. The highest BCUT2D eigenvalue weighted by Gasteiger charge is 2.27. The van der Waals surface area contributed by atoms with Gasteiger partial charge < -0.3 is 10.1 Å². The summed E-state index contributed by atoms with van der Waals surface area (Å²) in [6.07, 6.45) is 0.652. The summed E-state index contributed by atoms with van der Waals surface area (Å²) in [5.74, 6) is 1.34. The number of benzene rings is 2. The fourth-order valence-corrected chi connectivity index (χ4v) is 4.17. The molecule has 0 aliphatic carbocycles. The van der Waals surface area contributed by atoms with Crippen molar-refractivity contribution in [3.63, 3.8) is 0 Å². The van der Waals surface area contributed by atoms with Crippen molar-refractivity contribution in [2.75, 3.05) is 25.4 Å². The molecular weight excluding hydrogens is 340 g/mol. The lowest BCUT2D eigenvalue weighted by atomic mass is 10.2. The summed E-state index contributed by atoms with van der Waals surface area (Å²) in [5, 5.41) is 2.75. The van der Waals surface area contributed by atoms with Crippen molar-refractivity contribution in [2.24, 2.45) is 0 Å². The van der Waals surface area contributed by atoms with E-state index in [1.807, 2.05) is 30.3 Å². The largest absolute Gasteiger partial charge is 0.457 e. The molecular formula is C18H20N2O4S. The first kappa shape index (κ1) is 17.4. The Bertz CT molecular complexity index is 820. The molecule has 132 valence electrons. The van der Waals surface area contributed by atoms with Gasteiger partial charge in [0, 0.05) is 25.2 Å². The van der Waals surface area contributed by atoms with E-state index in [1.54, 1.807) is 24.3 Å². The van der Waals surface area contributed by atoms with E-state index in [2.05, 4.69) is 5.32 Å². The Kier molecular flexibility index (Phi) is 5.35. The number of nitrogens with zero attached hydrogens (tertiary/aromatic N) is 1. The van der Waals surface area contributed by atoms with Gasteiger partial charge in [-0.05, 0) is 42.8 Å². The molecule has 0 atom stereocenters. The van der Waals surface area contributed by atoms with Crippen LogP contribution in [0, 0.1) is 0 Å². The lowest BCUT2D eigenvalue weighted by Crippen LogP contribution is -2.35. The van der Waals surface area contributed by atoms with Gasteiger partial charge in [-0.15, -0.1) is 0 Å². The van der Waals surface area contributed by atoms with Gasteiger partial charge in [-0.3, -0.25) is 4.79 Å².